The van der Waals surface area contributed by atoms with E-state index in [1.54, 1.807) is 0 Å². The lowest BCUT2D eigenvalue weighted by atomic mass is 9.97. The third-order valence-electron chi connectivity index (χ3n) is 3.60. The Balaban J connectivity index is 1.67. The van der Waals surface area contributed by atoms with Gasteiger partial charge in [0.25, 0.3) is 0 Å². The maximum Gasteiger partial charge on any atom is 0.231 e. The summed E-state index contributed by atoms with van der Waals surface area (Å²) in [6, 6.07) is 0. The lowest BCUT2D eigenvalue weighted by Gasteiger charge is -2.30. The number of piperidine rings is 1. The van der Waals surface area contributed by atoms with Crippen molar-refractivity contribution in [2.75, 3.05) is 31.9 Å². The van der Waals surface area contributed by atoms with Crippen LogP contribution in [0.2, 0.25) is 0 Å². The average Bonchev–Trinajstić information content (AvgIpc) is 2.88. The van der Waals surface area contributed by atoms with E-state index >= 15 is 0 Å². The molecule has 1 aliphatic heterocycles. The molecule has 1 atom stereocenters. The quantitative estimate of drug-likeness (QED) is 0.572. The van der Waals surface area contributed by atoms with E-state index in [0.717, 1.165) is 37.2 Å². The number of likely N-dealkylation sites (tertiary alicyclic amines) is 1. The minimum Gasteiger partial charge on any atom is -0.374 e. The van der Waals surface area contributed by atoms with Crippen molar-refractivity contribution >= 4 is 28.3 Å². The molecule has 1 saturated heterocycles. The number of amides is 2. The first-order chi connectivity index (χ1) is 10.5. The molecule has 5 N–H and O–H groups in total. The number of aromatic nitrogens is 2. The summed E-state index contributed by atoms with van der Waals surface area (Å²) in [5.41, 5.74) is 10.7. The fourth-order valence-electron chi connectivity index (χ4n) is 2.60. The molecule has 22 heavy (non-hydrogen) atoms. The maximum atomic E-state index is 12.1. The van der Waals surface area contributed by atoms with Gasteiger partial charge in [-0.2, -0.15) is 0 Å². The van der Waals surface area contributed by atoms with E-state index < -0.39 is 0 Å². The second-order valence-electron chi connectivity index (χ2n) is 5.47. The monoisotopic (exact) mass is 326 g/mol. The Morgan fingerprint density at radius 1 is 1.41 bits per heavy atom. The van der Waals surface area contributed by atoms with E-state index in [9.17, 15) is 9.59 Å². The van der Waals surface area contributed by atoms with Crippen LogP contribution < -0.4 is 16.8 Å². The lowest BCUT2D eigenvalue weighted by molar-refractivity contribution is -0.128. The van der Waals surface area contributed by atoms with Gasteiger partial charge < -0.3 is 16.8 Å². The highest BCUT2D eigenvalue weighted by Crippen LogP contribution is 2.16. The van der Waals surface area contributed by atoms with E-state index in [-0.39, 0.29) is 24.3 Å². The van der Waals surface area contributed by atoms with Crippen molar-refractivity contribution in [3.8, 4) is 0 Å². The summed E-state index contributed by atoms with van der Waals surface area (Å²) in [7, 11) is 0. The van der Waals surface area contributed by atoms with Crippen molar-refractivity contribution < 1.29 is 9.59 Å². The van der Waals surface area contributed by atoms with E-state index in [1.807, 2.05) is 4.90 Å². The summed E-state index contributed by atoms with van der Waals surface area (Å²) < 4.78 is 0. The van der Waals surface area contributed by atoms with Crippen LogP contribution in [0.4, 0.5) is 5.13 Å². The number of hydrogen-bond acceptors (Lipinski definition) is 7. The first-order valence-corrected chi connectivity index (χ1v) is 8.22. The number of aryl methyl sites for hydroxylation is 1. The van der Waals surface area contributed by atoms with Gasteiger partial charge in [-0.15, -0.1) is 10.2 Å². The highest BCUT2D eigenvalue weighted by Gasteiger charge is 2.26. The van der Waals surface area contributed by atoms with Gasteiger partial charge in [-0.25, -0.2) is 0 Å². The molecule has 1 aromatic heterocycles. The van der Waals surface area contributed by atoms with Crippen LogP contribution in [0.3, 0.4) is 0 Å². The molecule has 0 bridgehead atoms. The summed E-state index contributed by atoms with van der Waals surface area (Å²) in [6.45, 7) is 2.25. The van der Waals surface area contributed by atoms with Crippen LogP contribution in [0.5, 0.6) is 0 Å². The van der Waals surface area contributed by atoms with E-state index in [1.165, 1.54) is 11.3 Å². The molecule has 2 amide bonds. The summed E-state index contributed by atoms with van der Waals surface area (Å²) in [5.74, 6) is -0.367. The number of hydrogen-bond donors (Lipinski definition) is 3. The number of carbonyl (C=O) groups is 2. The Bertz CT molecular complexity index is 520. The molecular formula is C13H22N6O2S. The van der Waals surface area contributed by atoms with Gasteiger partial charge in [-0.05, 0) is 25.8 Å². The molecule has 2 heterocycles. The number of anilines is 1. The van der Waals surface area contributed by atoms with Crippen molar-refractivity contribution in [3.63, 3.8) is 0 Å². The van der Waals surface area contributed by atoms with Gasteiger partial charge >= 0.3 is 0 Å². The highest BCUT2D eigenvalue weighted by molar-refractivity contribution is 7.15. The molecule has 0 saturated carbocycles. The molecule has 9 heteroatoms. The average molecular weight is 326 g/mol. The number of primary amides is 1. The van der Waals surface area contributed by atoms with Crippen molar-refractivity contribution in [1.82, 2.24) is 20.4 Å². The number of nitrogen functional groups attached to an aromatic ring is 1. The molecule has 1 fully saturated rings. The third kappa shape index (κ3) is 5.23. The minimum atomic E-state index is -0.350. The number of rotatable bonds is 7. The smallest absolute Gasteiger partial charge is 0.231 e. The summed E-state index contributed by atoms with van der Waals surface area (Å²) >= 11 is 1.37. The van der Waals surface area contributed by atoms with Crippen LogP contribution in [-0.2, 0) is 16.0 Å². The zero-order valence-electron chi connectivity index (χ0n) is 12.5. The van der Waals surface area contributed by atoms with Crippen LogP contribution in [-0.4, -0.2) is 53.1 Å². The van der Waals surface area contributed by atoms with Crippen molar-refractivity contribution in [2.24, 2.45) is 11.7 Å². The standard InChI is InChI=1S/C13H22N6O2S/c14-10(20)8-19-6-2-3-9(7-19)12(21)16-5-1-4-11-17-18-13(15)22-11/h9H,1-8H2,(H2,14,20)(H2,15,18)(H,16,21). The predicted molar refractivity (Wildman–Crippen MR) is 84.0 cm³/mol. The topological polar surface area (TPSA) is 127 Å². The predicted octanol–water partition coefficient (Wildman–Crippen LogP) is -0.634. The molecule has 1 aromatic rings. The van der Waals surface area contributed by atoms with E-state index in [2.05, 4.69) is 15.5 Å². The number of nitrogens with two attached hydrogens (primary N) is 2. The molecule has 0 aliphatic carbocycles. The summed E-state index contributed by atoms with van der Waals surface area (Å²) in [4.78, 5) is 25.0. The van der Waals surface area contributed by atoms with Gasteiger partial charge in [0.05, 0.1) is 12.5 Å². The SMILES string of the molecule is NC(=O)CN1CCCC(C(=O)NCCCc2nnc(N)s2)C1. The van der Waals surface area contributed by atoms with Gasteiger partial charge in [0.1, 0.15) is 5.01 Å². The zero-order valence-corrected chi connectivity index (χ0v) is 13.3. The third-order valence-corrected chi connectivity index (χ3v) is 4.42. The summed E-state index contributed by atoms with van der Waals surface area (Å²) in [5, 5.41) is 12.0. The molecule has 8 nitrogen and oxygen atoms in total. The molecule has 1 aliphatic rings. The Hall–Kier alpha value is -1.74. The number of nitrogens with one attached hydrogen (secondary N) is 1. The highest BCUT2D eigenvalue weighted by atomic mass is 32.1. The van der Waals surface area contributed by atoms with Gasteiger partial charge in [-0.1, -0.05) is 11.3 Å². The Labute approximate surface area is 133 Å². The second kappa shape index (κ2) is 8.04. The van der Waals surface area contributed by atoms with Crippen molar-refractivity contribution in [3.05, 3.63) is 5.01 Å². The Kier molecular flexibility index (Phi) is 6.08. The largest absolute Gasteiger partial charge is 0.374 e. The molecule has 1 unspecified atom stereocenters. The summed E-state index contributed by atoms with van der Waals surface area (Å²) in [6.07, 6.45) is 3.33. The Morgan fingerprint density at radius 2 is 2.23 bits per heavy atom. The van der Waals surface area contributed by atoms with Crippen molar-refractivity contribution in [1.29, 1.82) is 0 Å². The molecule has 0 spiro atoms. The van der Waals surface area contributed by atoms with Gasteiger partial charge in [-0.3, -0.25) is 14.5 Å². The van der Waals surface area contributed by atoms with E-state index in [0.29, 0.717) is 18.2 Å². The maximum absolute atomic E-state index is 12.1. The molecular weight excluding hydrogens is 304 g/mol. The van der Waals surface area contributed by atoms with Crippen LogP contribution in [0, 0.1) is 5.92 Å². The molecule has 122 valence electrons. The first kappa shape index (κ1) is 16.6. The van der Waals surface area contributed by atoms with Crippen LogP contribution in [0.15, 0.2) is 0 Å². The van der Waals surface area contributed by atoms with Crippen LogP contribution in [0.25, 0.3) is 0 Å². The number of carbonyl (C=O) groups excluding carboxylic acids is 2. The molecule has 2 rings (SSSR count). The molecule has 0 radical (unpaired) electrons. The van der Waals surface area contributed by atoms with Gasteiger partial charge in [0, 0.05) is 19.5 Å². The minimum absolute atomic E-state index is 0.0472. The fourth-order valence-corrected chi connectivity index (χ4v) is 3.25. The Morgan fingerprint density at radius 3 is 2.91 bits per heavy atom. The lowest BCUT2D eigenvalue weighted by Crippen LogP contribution is -2.45. The zero-order chi connectivity index (χ0) is 15.9. The van der Waals surface area contributed by atoms with E-state index in [4.69, 9.17) is 11.5 Å². The fraction of sp³-hybridized carbons (Fsp3) is 0.692. The normalized spacial score (nSPS) is 19.0. The van der Waals surface area contributed by atoms with Crippen molar-refractivity contribution in [2.45, 2.75) is 25.7 Å². The van der Waals surface area contributed by atoms with Crippen LogP contribution >= 0.6 is 11.3 Å². The van der Waals surface area contributed by atoms with Gasteiger partial charge in [0.15, 0.2) is 0 Å². The second-order valence-corrected chi connectivity index (χ2v) is 6.56. The first-order valence-electron chi connectivity index (χ1n) is 7.41. The number of nitrogens with zero attached hydrogens (tertiary/aromatic N) is 3. The molecule has 0 aromatic carbocycles. The van der Waals surface area contributed by atoms with Crippen LogP contribution in [0.1, 0.15) is 24.3 Å². The van der Waals surface area contributed by atoms with Gasteiger partial charge in [0.2, 0.25) is 16.9 Å².